The number of rotatable bonds is 6. The third-order valence-electron chi connectivity index (χ3n) is 4.78. The van der Waals surface area contributed by atoms with Crippen LogP contribution in [0.4, 0.5) is 0 Å². The first-order chi connectivity index (χ1) is 10.1. The summed E-state index contributed by atoms with van der Waals surface area (Å²) in [7, 11) is 0. The summed E-state index contributed by atoms with van der Waals surface area (Å²) in [5.74, 6) is 0.0110. The minimum atomic E-state index is -0.160. The SMILES string of the molecule is CCC(C)N1CC(C(=O)NCCC2=CCCCC2)CC1=O. The van der Waals surface area contributed by atoms with Gasteiger partial charge in [-0.05, 0) is 45.4 Å². The molecule has 2 atom stereocenters. The van der Waals surface area contributed by atoms with Gasteiger partial charge in [-0.1, -0.05) is 18.6 Å². The minimum absolute atomic E-state index is 0.0468. The molecule has 1 heterocycles. The van der Waals surface area contributed by atoms with Crippen molar-refractivity contribution in [3.05, 3.63) is 11.6 Å². The lowest BCUT2D eigenvalue weighted by Crippen LogP contribution is -2.36. The van der Waals surface area contributed by atoms with Gasteiger partial charge in [-0.15, -0.1) is 0 Å². The molecular formula is C17H28N2O2. The predicted molar refractivity (Wildman–Crippen MR) is 83.8 cm³/mol. The first-order valence-corrected chi connectivity index (χ1v) is 8.37. The fraction of sp³-hybridized carbons (Fsp3) is 0.765. The lowest BCUT2D eigenvalue weighted by Gasteiger charge is -2.23. The van der Waals surface area contributed by atoms with E-state index in [1.807, 2.05) is 11.8 Å². The highest BCUT2D eigenvalue weighted by atomic mass is 16.2. The Balaban J connectivity index is 1.74. The summed E-state index contributed by atoms with van der Waals surface area (Å²) in [5, 5.41) is 3.01. The Hall–Kier alpha value is -1.32. The molecule has 2 amide bonds. The van der Waals surface area contributed by atoms with Crippen LogP contribution in [0.25, 0.3) is 0 Å². The van der Waals surface area contributed by atoms with Crippen molar-refractivity contribution in [1.82, 2.24) is 10.2 Å². The summed E-state index contributed by atoms with van der Waals surface area (Å²) in [4.78, 5) is 26.0. The summed E-state index contributed by atoms with van der Waals surface area (Å²) < 4.78 is 0. The fourth-order valence-electron chi connectivity index (χ4n) is 3.18. The van der Waals surface area contributed by atoms with Crippen LogP contribution in [0.15, 0.2) is 11.6 Å². The van der Waals surface area contributed by atoms with E-state index in [-0.39, 0.29) is 23.8 Å². The molecule has 2 unspecified atom stereocenters. The molecule has 1 N–H and O–H groups in total. The zero-order valence-corrected chi connectivity index (χ0v) is 13.4. The second-order valence-corrected chi connectivity index (χ2v) is 6.35. The molecular weight excluding hydrogens is 264 g/mol. The van der Waals surface area contributed by atoms with Crippen LogP contribution in [-0.4, -0.2) is 35.8 Å². The minimum Gasteiger partial charge on any atom is -0.355 e. The second-order valence-electron chi connectivity index (χ2n) is 6.35. The van der Waals surface area contributed by atoms with Crippen molar-refractivity contribution in [1.29, 1.82) is 0 Å². The highest BCUT2D eigenvalue weighted by Crippen LogP contribution is 2.22. The van der Waals surface area contributed by atoms with Gasteiger partial charge in [-0.2, -0.15) is 0 Å². The van der Waals surface area contributed by atoms with E-state index in [4.69, 9.17) is 0 Å². The molecule has 2 aliphatic rings. The standard InChI is InChI=1S/C17H28N2O2/c1-3-13(2)19-12-15(11-16(19)20)17(21)18-10-9-14-7-5-4-6-8-14/h7,13,15H,3-6,8-12H2,1-2H3,(H,18,21). The number of carbonyl (C=O) groups excluding carboxylic acids is 2. The summed E-state index contributed by atoms with van der Waals surface area (Å²) in [6.07, 6.45) is 9.53. The number of hydrogen-bond donors (Lipinski definition) is 1. The average molecular weight is 292 g/mol. The van der Waals surface area contributed by atoms with Crippen molar-refractivity contribution in [2.24, 2.45) is 5.92 Å². The van der Waals surface area contributed by atoms with Gasteiger partial charge < -0.3 is 10.2 Å². The molecule has 0 aromatic rings. The van der Waals surface area contributed by atoms with E-state index in [1.54, 1.807) is 0 Å². The first kappa shape index (κ1) is 16.1. The lowest BCUT2D eigenvalue weighted by atomic mass is 9.97. The molecule has 0 aromatic heterocycles. The van der Waals surface area contributed by atoms with Crippen molar-refractivity contribution in [2.75, 3.05) is 13.1 Å². The predicted octanol–water partition coefficient (Wildman–Crippen LogP) is 2.64. The molecule has 1 fully saturated rings. The van der Waals surface area contributed by atoms with Gasteiger partial charge in [0.15, 0.2) is 0 Å². The number of likely N-dealkylation sites (tertiary alicyclic amines) is 1. The number of nitrogens with zero attached hydrogens (tertiary/aromatic N) is 1. The van der Waals surface area contributed by atoms with Gasteiger partial charge in [-0.25, -0.2) is 0 Å². The molecule has 0 radical (unpaired) electrons. The maximum absolute atomic E-state index is 12.2. The molecule has 4 nitrogen and oxygen atoms in total. The number of nitrogens with one attached hydrogen (secondary N) is 1. The molecule has 21 heavy (non-hydrogen) atoms. The zero-order valence-electron chi connectivity index (χ0n) is 13.4. The van der Waals surface area contributed by atoms with Crippen LogP contribution >= 0.6 is 0 Å². The van der Waals surface area contributed by atoms with E-state index < -0.39 is 0 Å². The topological polar surface area (TPSA) is 49.4 Å². The maximum Gasteiger partial charge on any atom is 0.225 e. The Labute approximate surface area is 128 Å². The molecule has 0 bridgehead atoms. The maximum atomic E-state index is 12.2. The van der Waals surface area contributed by atoms with E-state index in [0.717, 1.165) is 12.8 Å². The van der Waals surface area contributed by atoms with Crippen LogP contribution in [0, 0.1) is 5.92 Å². The van der Waals surface area contributed by atoms with E-state index in [0.29, 0.717) is 19.5 Å². The summed E-state index contributed by atoms with van der Waals surface area (Å²) in [6, 6.07) is 0.239. The fourth-order valence-corrected chi connectivity index (χ4v) is 3.18. The van der Waals surface area contributed by atoms with E-state index in [9.17, 15) is 9.59 Å². The van der Waals surface area contributed by atoms with Crippen molar-refractivity contribution in [3.63, 3.8) is 0 Å². The van der Waals surface area contributed by atoms with Crippen molar-refractivity contribution in [2.45, 2.75) is 64.8 Å². The average Bonchev–Trinajstić information content (AvgIpc) is 2.89. The Kier molecular flexibility index (Phi) is 5.83. The van der Waals surface area contributed by atoms with E-state index in [2.05, 4.69) is 18.3 Å². The second kappa shape index (κ2) is 7.62. The third kappa shape index (κ3) is 4.32. The van der Waals surface area contributed by atoms with Crippen LogP contribution in [-0.2, 0) is 9.59 Å². The van der Waals surface area contributed by atoms with Gasteiger partial charge in [0.05, 0.1) is 5.92 Å². The molecule has 2 rings (SSSR count). The van der Waals surface area contributed by atoms with Gasteiger partial charge >= 0.3 is 0 Å². The zero-order chi connectivity index (χ0) is 15.2. The Morgan fingerprint density at radius 2 is 2.29 bits per heavy atom. The van der Waals surface area contributed by atoms with Crippen LogP contribution < -0.4 is 5.32 Å². The monoisotopic (exact) mass is 292 g/mol. The Morgan fingerprint density at radius 1 is 1.48 bits per heavy atom. The highest BCUT2D eigenvalue weighted by Gasteiger charge is 2.35. The lowest BCUT2D eigenvalue weighted by molar-refractivity contribution is -0.130. The molecule has 4 heteroatoms. The summed E-state index contributed by atoms with van der Waals surface area (Å²) in [6.45, 7) is 5.41. The normalized spacial score (nSPS) is 23.9. The number of hydrogen-bond acceptors (Lipinski definition) is 2. The smallest absolute Gasteiger partial charge is 0.225 e. The van der Waals surface area contributed by atoms with Gasteiger partial charge in [0.2, 0.25) is 11.8 Å². The number of allylic oxidation sites excluding steroid dienone is 1. The highest BCUT2D eigenvalue weighted by molar-refractivity contribution is 5.89. The number of amides is 2. The van der Waals surface area contributed by atoms with Crippen LogP contribution in [0.5, 0.6) is 0 Å². The third-order valence-corrected chi connectivity index (χ3v) is 4.78. The molecule has 1 aliphatic carbocycles. The Morgan fingerprint density at radius 3 is 2.95 bits per heavy atom. The van der Waals surface area contributed by atoms with Crippen molar-refractivity contribution < 1.29 is 9.59 Å². The molecule has 1 aliphatic heterocycles. The van der Waals surface area contributed by atoms with Gasteiger partial charge in [-0.3, -0.25) is 9.59 Å². The van der Waals surface area contributed by atoms with E-state index in [1.165, 1.54) is 31.3 Å². The number of carbonyl (C=O) groups is 2. The molecule has 0 saturated carbocycles. The van der Waals surface area contributed by atoms with Crippen LogP contribution in [0.1, 0.15) is 58.8 Å². The van der Waals surface area contributed by atoms with E-state index >= 15 is 0 Å². The molecule has 0 aromatic carbocycles. The molecule has 118 valence electrons. The first-order valence-electron chi connectivity index (χ1n) is 8.37. The van der Waals surface area contributed by atoms with Crippen LogP contribution in [0.3, 0.4) is 0 Å². The van der Waals surface area contributed by atoms with Crippen LogP contribution in [0.2, 0.25) is 0 Å². The van der Waals surface area contributed by atoms with Crippen molar-refractivity contribution >= 4 is 11.8 Å². The molecule has 0 spiro atoms. The quantitative estimate of drug-likeness (QED) is 0.765. The van der Waals surface area contributed by atoms with Gasteiger partial charge in [0, 0.05) is 25.6 Å². The van der Waals surface area contributed by atoms with Gasteiger partial charge in [0.25, 0.3) is 0 Å². The largest absolute Gasteiger partial charge is 0.355 e. The summed E-state index contributed by atoms with van der Waals surface area (Å²) >= 11 is 0. The molecule has 1 saturated heterocycles. The van der Waals surface area contributed by atoms with Gasteiger partial charge in [0.1, 0.15) is 0 Å². The summed E-state index contributed by atoms with van der Waals surface area (Å²) in [5.41, 5.74) is 1.48. The Bertz CT molecular complexity index is 417. The van der Waals surface area contributed by atoms with Crippen molar-refractivity contribution in [3.8, 4) is 0 Å².